The summed E-state index contributed by atoms with van der Waals surface area (Å²) in [5, 5.41) is 7.44. The molecule has 4 N–H and O–H groups in total. The Hall–Kier alpha value is -3.42. The van der Waals surface area contributed by atoms with Crippen LogP contribution >= 0.6 is 11.8 Å². The van der Waals surface area contributed by atoms with Crippen molar-refractivity contribution in [3.05, 3.63) is 93.8 Å². The first-order chi connectivity index (χ1) is 14.9. The Morgan fingerprint density at radius 2 is 1.81 bits per heavy atom. The number of pyridine rings is 1. The average Bonchev–Trinajstić information content (AvgIpc) is 2.78. The Kier molecular flexibility index (Phi) is 7.23. The number of hydrogen-bond donors (Lipinski definition) is 3. The summed E-state index contributed by atoms with van der Waals surface area (Å²) in [5.74, 6) is -0.586. The predicted molar refractivity (Wildman–Crippen MR) is 121 cm³/mol. The highest BCUT2D eigenvalue weighted by Gasteiger charge is 2.28. The van der Waals surface area contributed by atoms with Crippen LogP contribution in [0, 0.1) is 5.41 Å². The van der Waals surface area contributed by atoms with Crippen molar-refractivity contribution in [1.29, 1.82) is 5.41 Å². The molecule has 3 aromatic rings. The van der Waals surface area contributed by atoms with Gasteiger partial charge in [0.25, 0.3) is 11.5 Å². The van der Waals surface area contributed by atoms with Crippen LogP contribution in [0.25, 0.3) is 11.3 Å². The first-order valence-corrected chi connectivity index (χ1v) is 10.0. The molecule has 0 radical (unpaired) electrons. The van der Waals surface area contributed by atoms with Gasteiger partial charge < -0.3 is 15.5 Å². The number of rotatable bonds is 8. The van der Waals surface area contributed by atoms with Crippen molar-refractivity contribution < 1.29 is 9.53 Å². The molecular formula is C23H23ClN4O3. The van der Waals surface area contributed by atoms with E-state index in [0.29, 0.717) is 11.3 Å². The third-order valence-electron chi connectivity index (χ3n) is 4.69. The van der Waals surface area contributed by atoms with Crippen LogP contribution in [0.1, 0.15) is 29.7 Å². The molecule has 0 aliphatic carbocycles. The molecule has 0 saturated heterocycles. The lowest BCUT2D eigenvalue weighted by Gasteiger charge is -2.21. The van der Waals surface area contributed by atoms with E-state index >= 15 is 0 Å². The van der Waals surface area contributed by atoms with Crippen LogP contribution in [0.2, 0.25) is 0 Å². The van der Waals surface area contributed by atoms with E-state index in [9.17, 15) is 9.59 Å². The maximum Gasteiger partial charge on any atom is 0.271 e. The van der Waals surface area contributed by atoms with Crippen LogP contribution in [0.5, 0.6) is 0 Å². The topological polar surface area (TPSA) is 112 Å². The third-order valence-corrected chi connectivity index (χ3v) is 4.98. The fourth-order valence-electron chi connectivity index (χ4n) is 3.09. The van der Waals surface area contributed by atoms with Gasteiger partial charge in [-0.3, -0.25) is 15.0 Å². The second kappa shape index (κ2) is 10.1. The van der Waals surface area contributed by atoms with Crippen LogP contribution in [-0.2, 0) is 16.1 Å². The third kappa shape index (κ3) is 5.39. The number of hydrogen-bond acceptors (Lipinski definition) is 4. The summed E-state index contributed by atoms with van der Waals surface area (Å²) >= 11 is 6.25. The van der Waals surface area contributed by atoms with E-state index in [-0.39, 0.29) is 24.6 Å². The van der Waals surface area contributed by atoms with Gasteiger partial charge in [0.2, 0.25) is 0 Å². The molecule has 7 nitrogen and oxygen atoms in total. The molecule has 1 amide bonds. The van der Waals surface area contributed by atoms with E-state index in [1.54, 1.807) is 43.3 Å². The molecule has 2 aromatic carbocycles. The maximum absolute atomic E-state index is 13.0. The maximum atomic E-state index is 13.0. The van der Waals surface area contributed by atoms with E-state index in [2.05, 4.69) is 4.98 Å². The number of ether oxygens (including phenoxy) is 1. The Balaban J connectivity index is 1.81. The zero-order valence-corrected chi connectivity index (χ0v) is 17.7. The highest BCUT2D eigenvalue weighted by Crippen LogP contribution is 2.22. The standard InChI is InChI=1S/C23H23ClN4O3/c1-2-31-20(18-12-13-19(27-22(18)29)16-6-4-3-5-7-16)23(30)28(24)14-15-8-10-17(11-9-15)21(25)26/h3-13,20H,2,14H2,1H3,(H3,25,26)(H,27,29). The predicted octanol–water partition coefficient (Wildman–Crippen LogP) is 3.59. The molecule has 3 rings (SSSR count). The van der Waals surface area contributed by atoms with Crippen LogP contribution in [0.15, 0.2) is 71.5 Å². The summed E-state index contributed by atoms with van der Waals surface area (Å²) in [6.07, 6.45) is -1.13. The monoisotopic (exact) mass is 438 g/mol. The van der Waals surface area contributed by atoms with Crippen molar-refractivity contribution in [2.75, 3.05) is 6.61 Å². The van der Waals surface area contributed by atoms with E-state index in [1.165, 1.54) is 0 Å². The van der Waals surface area contributed by atoms with Gasteiger partial charge in [0.15, 0.2) is 6.10 Å². The molecule has 0 spiro atoms. The molecule has 31 heavy (non-hydrogen) atoms. The number of nitrogen functional groups attached to an aromatic ring is 1. The van der Waals surface area contributed by atoms with Crippen molar-refractivity contribution in [3.63, 3.8) is 0 Å². The number of amidine groups is 1. The molecule has 0 bridgehead atoms. The highest BCUT2D eigenvalue weighted by molar-refractivity contribution is 6.21. The molecule has 0 fully saturated rings. The van der Waals surface area contributed by atoms with Gasteiger partial charge in [-0.25, -0.2) is 4.42 Å². The highest BCUT2D eigenvalue weighted by atomic mass is 35.5. The average molecular weight is 439 g/mol. The molecule has 1 aromatic heterocycles. The van der Waals surface area contributed by atoms with Crippen molar-refractivity contribution >= 4 is 23.5 Å². The molecular weight excluding hydrogens is 416 g/mol. The molecule has 0 aliphatic heterocycles. The molecule has 0 saturated carbocycles. The summed E-state index contributed by atoms with van der Waals surface area (Å²) in [6, 6.07) is 19.6. The number of aromatic amines is 1. The number of benzene rings is 2. The number of amides is 1. The number of H-pyrrole nitrogens is 1. The zero-order valence-electron chi connectivity index (χ0n) is 17.0. The molecule has 1 unspecified atom stereocenters. The van der Waals surface area contributed by atoms with Crippen LogP contribution in [-0.4, -0.2) is 27.8 Å². The van der Waals surface area contributed by atoms with Gasteiger partial charge >= 0.3 is 0 Å². The zero-order chi connectivity index (χ0) is 22.4. The number of nitrogens with one attached hydrogen (secondary N) is 2. The van der Waals surface area contributed by atoms with Crippen LogP contribution < -0.4 is 11.3 Å². The minimum Gasteiger partial charge on any atom is -0.384 e. The van der Waals surface area contributed by atoms with Crippen LogP contribution in [0.3, 0.4) is 0 Å². The molecule has 1 heterocycles. The Morgan fingerprint density at radius 3 is 2.39 bits per heavy atom. The normalized spacial score (nSPS) is 11.7. The summed E-state index contributed by atoms with van der Waals surface area (Å²) < 4.78 is 6.58. The number of nitrogens with zero attached hydrogens (tertiary/aromatic N) is 1. The summed E-state index contributed by atoms with van der Waals surface area (Å²) in [6.45, 7) is 2.07. The first kappa shape index (κ1) is 22.3. The van der Waals surface area contributed by atoms with Gasteiger partial charge in [-0.2, -0.15) is 0 Å². The summed E-state index contributed by atoms with van der Waals surface area (Å²) in [4.78, 5) is 28.5. The minimum absolute atomic E-state index is 0.0417. The molecule has 160 valence electrons. The van der Waals surface area contributed by atoms with Gasteiger partial charge in [0, 0.05) is 29.6 Å². The fourth-order valence-corrected chi connectivity index (χ4v) is 3.32. The van der Waals surface area contributed by atoms with Gasteiger partial charge in [0.1, 0.15) is 5.84 Å². The largest absolute Gasteiger partial charge is 0.384 e. The molecule has 1 atom stereocenters. The lowest BCUT2D eigenvalue weighted by Crippen LogP contribution is -2.32. The van der Waals surface area contributed by atoms with Crippen molar-refractivity contribution in [2.24, 2.45) is 5.73 Å². The number of carbonyl (C=O) groups is 1. The smallest absolute Gasteiger partial charge is 0.271 e. The quantitative estimate of drug-likeness (QED) is 0.283. The van der Waals surface area contributed by atoms with Gasteiger partial charge in [-0.05, 0) is 30.2 Å². The fraction of sp³-hybridized carbons (Fsp3) is 0.174. The second-order valence-electron chi connectivity index (χ2n) is 6.83. The summed E-state index contributed by atoms with van der Waals surface area (Å²) in [7, 11) is 0. The van der Waals surface area contributed by atoms with E-state index in [4.69, 9.17) is 27.7 Å². The lowest BCUT2D eigenvalue weighted by molar-refractivity contribution is -0.139. The van der Waals surface area contributed by atoms with E-state index in [1.807, 2.05) is 30.3 Å². The van der Waals surface area contributed by atoms with Crippen molar-refractivity contribution in [2.45, 2.75) is 19.6 Å². The Bertz CT molecular complexity index is 1110. The SMILES string of the molecule is CCOC(C(=O)N(Cl)Cc1ccc(C(=N)N)cc1)c1ccc(-c2ccccc2)[nH]c1=O. The molecule has 8 heteroatoms. The van der Waals surface area contributed by atoms with Gasteiger partial charge in [-0.15, -0.1) is 0 Å². The van der Waals surface area contributed by atoms with Crippen LogP contribution in [0.4, 0.5) is 0 Å². The van der Waals surface area contributed by atoms with Gasteiger partial charge in [-0.1, -0.05) is 54.6 Å². The van der Waals surface area contributed by atoms with E-state index < -0.39 is 17.6 Å². The number of carbonyl (C=O) groups excluding carboxylic acids is 1. The number of halogens is 1. The number of nitrogens with two attached hydrogens (primary N) is 1. The molecule has 0 aliphatic rings. The van der Waals surface area contributed by atoms with Crippen molar-refractivity contribution in [1.82, 2.24) is 9.40 Å². The second-order valence-corrected chi connectivity index (χ2v) is 7.24. The van der Waals surface area contributed by atoms with Crippen molar-refractivity contribution in [3.8, 4) is 11.3 Å². The Labute approximate surface area is 185 Å². The number of aromatic nitrogens is 1. The first-order valence-electron chi connectivity index (χ1n) is 9.71. The summed E-state index contributed by atoms with van der Waals surface area (Å²) in [5.41, 5.74) is 8.06. The lowest BCUT2D eigenvalue weighted by atomic mass is 10.1. The minimum atomic E-state index is -1.13. The van der Waals surface area contributed by atoms with E-state index in [0.717, 1.165) is 15.5 Å². The van der Waals surface area contributed by atoms with Gasteiger partial charge in [0.05, 0.1) is 12.1 Å². The Morgan fingerprint density at radius 1 is 1.13 bits per heavy atom.